The third kappa shape index (κ3) is 6.89. The normalized spacial score (nSPS) is 20.1. The molecule has 0 aliphatic carbocycles. The molecule has 0 spiro atoms. The van der Waals surface area contributed by atoms with Crippen molar-refractivity contribution in [3.05, 3.63) is 45.7 Å². The molecule has 5 rings (SSSR count). The van der Waals surface area contributed by atoms with Crippen molar-refractivity contribution in [2.24, 2.45) is 0 Å². The number of methoxy groups -OCH3 is 2. The van der Waals surface area contributed by atoms with Gasteiger partial charge < -0.3 is 29.1 Å². The molecule has 2 aliphatic rings. The Morgan fingerprint density at radius 3 is 2.38 bits per heavy atom. The molecule has 2 aliphatic heterocycles. The van der Waals surface area contributed by atoms with E-state index in [-0.39, 0.29) is 42.2 Å². The summed E-state index contributed by atoms with van der Waals surface area (Å²) in [7, 11) is 3.26. The molecule has 2 atom stereocenters. The van der Waals surface area contributed by atoms with Crippen LogP contribution in [-0.4, -0.2) is 101 Å². The van der Waals surface area contributed by atoms with Crippen LogP contribution in [0.3, 0.4) is 0 Å². The molecule has 2 unspecified atom stereocenters. The van der Waals surface area contributed by atoms with Crippen molar-refractivity contribution in [2.45, 2.75) is 70.2 Å². The third-order valence-corrected chi connectivity index (χ3v) is 9.33. The Kier molecular flexibility index (Phi) is 10.00. The lowest BCUT2D eigenvalue weighted by Gasteiger charge is -2.34. The van der Waals surface area contributed by atoms with E-state index in [2.05, 4.69) is 34.3 Å². The lowest BCUT2D eigenvalue weighted by atomic mass is 10.0. The van der Waals surface area contributed by atoms with Crippen LogP contribution in [0.1, 0.15) is 66.2 Å². The second-order valence-corrected chi connectivity index (χ2v) is 13.0. The van der Waals surface area contributed by atoms with Gasteiger partial charge in [-0.15, -0.1) is 11.3 Å². The fourth-order valence-corrected chi connectivity index (χ4v) is 6.88. The standard InChI is InChI=1S/C29H39ClN6O5S/c1-18(2)34-11-9-19(10-12-34)31-28(37)24-14-23(29(38)36-21(16-39-3)5-6-22(36)17-40-4)32-35(24)15-20-13-25(41-33-20)26-7-8-27(30)42-26/h7-8,13-14,18-19,21-22H,5-6,9-12,15-17H2,1-4H3,(H,31,37). The lowest BCUT2D eigenvalue weighted by molar-refractivity contribution is 0.0414. The minimum atomic E-state index is -0.262. The predicted octanol–water partition coefficient (Wildman–Crippen LogP) is 4.17. The molecule has 0 saturated carbocycles. The van der Waals surface area contributed by atoms with Crippen LogP contribution in [0.2, 0.25) is 4.34 Å². The molecule has 3 aromatic rings. The number of nitrogens with one attached hydrogen (secondary N) is 1. The summed E-state index contributed by atoms with van der Waals surface area (Å²) in [6, 6.07) is 7.41. The van der Waals surface area contributed by atoms with Crippen molar-refractivity contribution in [3.8, 4) is 10.6 Å². The van der Waals surface area contributed by atoms with E-state index in [1.165, 1.54) is 11.3 Å². The Labute approximate surface area is 255 Å². The first-order valence-electron chi connectivity index (χ1n) is 14.4. The van der Waals surface area contributed by atoms with Crippen molar-refractivity contribution in [2.75, 3.05) is 40.5 Å². The summed E-state index contributed by atoms with van der Waals surface area (Å²) in [6.07, 6.45) is 3.35. The van der Waals surface area contributed by atoms with Gasteiger partial charge in [-0.3, -0.25) is 14.3 Å². The first-order valence-corrected chi connectivity index (χ1v) is 15.6. The molecular weight excluding hydrogens is 580 g/mol. The van der Waals surface area contributed by atoms with E-state index in [1.54, 1.807) is 42.0 Å². The maximum absolute atomic E-state index is 13.9. The maximum Gasteiger partial charge on any atom is 0.275 e. The SMILES string of the molecule is COCC1CCC(COC)N1C(=O)c1cc(C(=O)NC2CCN(C(C)C)CC2)n(Cc2cc(-c3ccc(Cl)s3)on2)n1. The average molecular weight is 619 g/mol. The summed E-state index contributed by atoms with van der Waals surface area (Å²) >= 11 is 7.49. The highest BCUT2D eigenvalue weighted by Crippen LogP contribution is 2.32. The molecule has 0 bridgehead atoms. The molecule has 1 N–H and O–H groups in total. The number of thiophene rings is 1. The summed E-state index contributed by atoms with van der Waals surface area (Å²) in [4.78, 5) is 32.6. The van der Waals surface area contributed by atoms with Gasteiger partial charge >= 0.3 is 0 Å². The minimum absolute atomic E-state index is 0.0491. The first-order chi connectivity index (χ1) is 20.3. The van der Waals surface area contributed by atoms with Gasteiger partial charge in [0.1, 0.15) is 11.4 Å². The number of halogens is 1. The van der Waals surface area contributed by atoms with E-state index in [1.807, 2.05) is 6.07 Å². The highest BCUT2D eigenvalue weighted by molar-refractivity contribution is 7.19. The fourth-order valence-electron chi connectivity index (χ4n) is 5.88. The van der Waals surface area contributed by atoms with E-state index in [4.69, 9.17) is 25.6 Å². The van der Waals surface area contributed by atoms with E-state index >= 15 is 0 Å². The second kappa shape index (κ2) is 13.7. The molecule has 11 nitrogen and oxygen atoms in total. The number of carbonyl (C=O) groups excluding carboxylic acids is 2. The van der Waals surface area contributed by atoms with Crippen LogP contribution in [0.4, 0.5) is 0 Å². The van der Waals surface area contributed by atoms with Crippen LogP contribution < -0.4 is 5.32 Å². The van der Waals surface area contributed by atoms with Crippen LogP contribution in [0.15, 0.2) is 28.8 Å². The van der Waals surface area contributed by atoms with E-state index in [0.29, 0.717) is 40.7 Å². The van der Waals surface area contributed by atoms with Crippen molar-refractivity contribution in [1.29, 1.82) is 0 Å². The molecule has 3 aromatic heterocycles. The van der Waals surface area contributed by atoms with Crippen LogP contribution >= 0.6 is 22.9 Å². The number of likely N-dealkylation sites (tertiary alicyclic amines) is 2. The number of amides is 2. The van der Waals surface area contributed by atoms with Gasteiger partial charge in [0, 0.05) is 51.5 Å². The number of nitrogens with zero attached hydrogens (tertiary/aromatic N) is 5. The number of ether oxygens (including phenoxy) is 2. The summed E-state index contributed by atoms with van der Waals surface area (Å²) in [5, 5.41) is 12.0. The molecule has 2 fully saturated rings. The zero-order valence-corrected chi connectivity index (χ0v) is 26.1. The summed E-state index contributed by atoms with van der Waals surface area (Å²) < 4.78 is 18.6. The highest BCUT2D eigenvalue weighted by Gasteiger charge is 2.39. The Morgan fingerprint density at radius 2 is 1.79 bits per heavy atom. The Hall–Kier alpha value is -2.77. The topological polar surface area (TPSA) is 115 Å². The Morgan fingerprint density at radius 1 is 1.10 bits per heavy atom. The van der Waals surface area contributed by atoms with Gasteiger partial charge in [-0.05, 0) is 51.7 Å². The second-order valence-electron chi connectivity index (χ2n) is 11.2. The van der Waals surface area contributed by atoms with Gasteiger partial charge in [0.25, 0.3) is 11.8 Å². The molecule has 42 heavy (non-hydrogen) atoms. The highest BCUT2D eigenvalue weighted by atomic mass is 35.5. The summed E-state index contributed by atoms with van der Waals surface area (Å²) in [5.41, 5.74) is 1.08. The molecule has 2 amide bonds. The third-order valence-electron chi connectivity index (χ3n) is 8.09. The van der Waals surface area contributed by atoms with Crippen molar-refractivity contribution in [3.63, 3.8) is 0 Å². The Bertz CT molecular complexity index is 1350. The van der Waals surface area contributed by atoms with Gasteiger partial charge in [0.15, 0.2) is 11.5 Å². The number of aromatic nitrogens is 3. The van der Waals surface area contributed by atoms with Crippen molar-refractivity contribution >= 4 is 34.8 Å². The lowest BCUT2D eigenvalue weighted by Crippen LogP contribution is -2.47. The van der Waals surface area contributed by atoms with Gasteiger partial charge in [-0.2, -0.15) is 5.10 Å². The molecule has 228 valence electrons. The Balaban J connectivity index is 1.40. The average Bonchev–Trinajstić information content (AvgIpc) is 3.77. The van der Waals surface area contributed by atoms with Crippen molar-refractivity contribution < 1.29 is 23.6 Å². The van der Waals surface area contributed by atoms with Gasteiger partial charge in [0.05, 0.1) is 41.1 Å². The zero-order valence-electron chi connectivity index (χ0n) is 24.5. The first kappa shape index (κ1) is 30.7. The smallest absolute Gasteiger partial charge is 0.275 e. The van der Waals surface area contributed by atoms with E-state index in [0.717, 1.165) is 43.6 Å². The number of piperidine rings is 1. The molecule has 0 radical (unpaired) electrons. The van der Waals surface area contributed by atoms with Crippen molar-refractivity contribution in [1.82, 2.24) is 30.1 Å². The molecule has 0 aromatic carbocycles. The maximum atomic E-state index is 13.9. The van der Waals surface area contributed by atoms with Crippen LogP contribution in [-0.2, 0) is 16.0 Å². The quantitative estimate of drug-likeness (QED) is 0.341. The number of carbonyl (C=O) groups is 2. The largest absolute Gasteiger partial charge is 0.383 e. The monoisotopic (exact) mass is 618 g/mol. The number of rotatable bonds is 11. The number of hydrogen-bond donors (Lipinski definition) is 1. The van der Waals surface area contributed by atoms with Gasteiger partial charge in [-0.25, -0.2) is 0 Å². The summed E-state index contributed by atoms with van der Waals surface area (Å²) in [6.45, 7) is 7.23. The molecule has 2 saturated heterocycles. The zero-order chi connectivity index (χ0) is 29.8. The van der Waals surface area contributed by atoms with Gasteiger partial charge in [-0.1, -0.05) is 16.8 Å². The van der Waals surface area contributed by atoms with Crippen LogP contribution in [0, 0.1) is 0 Å². The van der Waals surface area contributed by atoms with Crippen LogP contribution in [0.25, 0.3) is 10.6 Å². The minimum Gasteiger partial charge on any atom is -0.383 e. The van der Waals surface area contributed by atoms with Crippen LogP contribution in [0.5, 0.6) is 0 Å². The van der Waals surface area contributed by atoms with E-state index in [9.17, 15) is 9.59 Å². The molecular formula is C29H39ClN6O5S. The predicted molar refractivity (Wildman–Crippen MR) is 160 cm³/mol. The van der Waals surface area contributed by atoms with E-state index < -0.39 is 0 Å². The number of hydrogen-bond acceptors (Lipinski definition) is 9. The summed E-state index contributed by atoms with van der Waals surface area (Å²) in [5.74, 6) is 0.0699. The van der Waals surface area contributed by atoms with Gasteiger partial charge in [0.2, 0.25) is 0 Å². The molecule has 13 heteroatoms. The molecule has 5 heterocycles. The fraction of sp³-hybridized carbons (Fsp3) is 0.586.